The van der Waals surface area contributed by atoms with Crippen LogP contribution >= 0.6 is 0 Å². The first-order valence-corrected chi connectivity index (χ1v) is 9.38. The van der Waals surface area contributed by atoms with E-state index >= 15 is 0 Å². The van der Waals surface area contributed by atoms with Crippen LogP contribution in [0.1, 0.15) is 24.0 Å². The van der Waals surface area contributed by atoms with E-state index < -0.39 is 9.84 Å². The lowest BCUT2D eigenvalue weighted by Gasteiger charge is -2.23. The molecular weight excluding hydrogens is 300 g/mol. The molecule has 1 aromatic rings. The second-order valence-electron chi connectivity index (χ2n) is 6.04. The van der Waals surface area contributed by atoms with E-state index in [1.807, 2.05) is 6.07 Å². The molecule has 0 bridgehead atoms. The highest BCUT2D eigenvalue weighted by Crippen LogP contribution is 2.17. The zero-order chi connectivity index (χ0) is 16.3. The predicted molar refractivity (Wildman–Crippen MR) is 88.9 cm³/mol. The molecule has 122 valence electrons. The molecule has 0 saturated carbocycles. The van der Waals surface area contributed by atoms with Gasteiger partial charge in [0, 0.05) is 31.7 Å². The van der Waals surface area contributed by atoms with Gasteiger partial charge in [0.1, 0.15) is 0 Å². The average Bonchev–Trinajstić information content (AvgIpc) is 2.82. The zero-order valence-electron chi connectivity index (χ0n) is 13.4. The molecule has 1 atom stereocenters. The van der Waals surface area contributed by atoms with Crippen molar-refractivity contribution in [2.75, 3.05) is 30.4 Å². The standard InChI is InChI=1S/C16H24N2O3S/c1-12-4-5-14(10-13(12)2)17-8-6-16(19)18(3)15-7-9-22(20,21)11-15/h4-5,10,15,17H,6-9,11H2,1-3H3. The summed E-state index contributed by atoms with van der Waals surface area (Å²) in [6.07, 6.45) is 0.912. The van der Waals surface area contributed by atoms with Gasteiger partial charge in [-0.2, -0.15) is 0 Å². The molecule has 1 amide bonds. The third-order valence-corrected chi connectivity index (χ3v) is 6.07. The molecule has 1 aliphatic heterocycles. The Bertz CT molecular complexity index is 655. The fourth-order valence-electron chi connectivity index (χ4n) is 2.63. The second kappa shape index (κ2) is 6.69. The summed E-state index contributed by atoms with van der Waals surface area (Å²) >= 11 is 0. The van der Waals surface area contributed by atoms with Crippen molar-refractivity contribution in [3.8, 4) is 0 Å². The van der Waals surface area contributed by atoms with E-state index in [1.165, 1.54) is 11.1 Å². The molecule has 1 aliphatic rings. The normalized spacial score (nSPS) is 19.9. The van der Waals surface area contributed by atoms with Crippen molar-refractivity contribution in [2.24, 2.45) is 0 Å². The van der Waals surface area contributed by atoms with Crippen LogP contribution in [0.25, 0.3) is 0 Å². The van der Waals surface area contributed by atoms with E-state index in [0.29, 0.717) is 19.4 Å². The number of carbonyl (C=O) groups is 1. The maximum Gasteiger partial charge on any atom is 0.224 e. The highest BCUT2D eigenvalue weighted by Gasteiger charge is 2.32. The molecule has 0 aromatic heterocycles. The molecule has 0 aliphatic carbocycles. The van der Waals surface area contributed by atoms with Crippen LogP contribution in [-0.4, -0.2) is 50.4 Å². The van der Waals surface area contributed by atoms with Gasteiger partial charge >= 0.3 is 0 Å². The van der Waals surface area contributed by atoms with Crippen molar-refractivity contribution in [2.45, 2.75) is 32.7 Å². The number of nitrogens with zero attached hydrogens (tertiary/aromatic N) is 1. The number of anilines is 1. The van der Waals surface area contributed by atoms with E-state index in [0.717, 1.165) is 5.69 Å². The Morgan fingerprint density at radius 1 is 1.32 bits per heavy atom. The summed E-state index contributed by atoms with van der Waals surface area (Å²) in [5.41, 5.74) is 3.45. The van der Waals surface area contributed by atoms with E-state index in [2.05, 4.69) is 31.3 Å². The van der Waals surface area contributed by atoms with Crippen LogP contribution in [0.4, 0.5) is 5.69 Å². The molecule has 2 rings (SSSR count). The number of sulfone groups is 1. The van der Waals surface area contributed by atoms with Crippen molar-refractivity contribution in [1.29, 1.82) is 0 Å². The molecule has 1 heterocycles. The molecule has 1 saturated heterocycles. The van der Waals surface area contributed by atoms with Crippen molar-refractivity contribution < 1.29 is 13.2 Å². The fourth-order valence-corrected chi connectivity index (χ4v) is 4.40. The molecule has 0 radical (unpaired) electrons. The van der Waals surface area contributed by atoms with Crippen LogP contribution in [0.2, 0.25) is 0 Å². The summed E-state index contributed by atoms with van der Waals surface area (Å²) in [6.45, 7) is 4.67. The van der Waals surface area contributed by atoms with Crippen LogP contribution in [0.15, 0.2) is 18.2 Å². The Kier molecular flexibility index (Phi) is 5.11. The topological polar surface area (TPSA) is 66.5 Å². The van der Waals surface area contributed by atoms with E-state index in [9.17, 15) is 13.2 Å². The third kappa shape index (κ3) is 4.22. The zero-order valence-corrected chi connectivity index (χ0v) is 14.2. The van der Waals surface area contributed by atoms with Gasteiger partial charge in [-0.15, -0.1) is 0 Å². The quantitative estimate of drug-likeness (QED) is 0.896. The summed E-state index contributed by atoms with van der Waals surface area (Å²) in [5, 5.41) is 3.24. The number of benzene rings is 1. The Balaban J connectivity index is 1.81. The fraction of sp³-hybridized carbons (Fsp3) is 0.562. The summed E-state index contributed by atoms with van der Waals surface area (Å²) < 4.78 is 23.0. The van der Waals surface area contributed by atoms with Gasteiger partial charge in [0.05, 0.1) is 11.5 Å². The first-order valence-electron chi connectivity index (χ1n) is 7.56. The minimum atomic E-state index is -2.96. The van der Waals surface area contributed by atoms with Crippen molar-refractivity contribution in [3.05, 3.63) is 29.3 Å². The lowest BCUT2D eigenvalue weighted by atomic mass is 10.1. The molecule has 1 fully saturated rings. The SMILES string of the molecule is Cc1ccc(NCCC(=O)N(C)C2CCS(=O)(=O)C2)cc1C. The van der Waals surface area contributed by atoms with Crippen molar-refractivity contribution >= 4 is 21.4 Å². The lowest BCUT2D eigenvalue weighted by Crippen LogP contribution is -2.38. The summed E-state index contributed by atoms with van der Waals surface area (Å²) in [5.74, 6) is 0.272. The molecular formula is C16H24N2O3S. The van der Waals surface area contributed by atoms with E-state index in [4.69, 9.17) is 0 Å². The number of hydrogen-bond donors (Lipinski definition) is 1. The summed E-state index contributed by atoms with van der Waals surface area (Å²) in [6, 6.07) is 5.95. The number of carbonyl (C=O) groups excluding carboxylic acids is 1. The molecule has 22 heavy (non-hydrogen) atoms. The first-order chi connectivity index (χ1) is 10.3. The maximum atomic E-state index is 12.1. The van der Waals surface area contributed by atoms with Crippen LogP contribution in [0.5, 0.6) is 0 Å². The minimum Gasteiger partial charge on any atom is -0.385 e. The van der Waals surface area contributed by atoms with Crippen LogP contribution < -0.4 is 5.32 Å². The van der Waals surface area contributed by atoms with Crippen molar-refractivity contribution in [1.82, 2.24) is 4.90 Å². The highest BCUT2D eigenvalue weighted by atomic mass is 32.2. The summed E-state index contributed by atoms with van der Waals surface area (Å²) in [7, 11) is -1.26. The number of rotatable bonds is 5. The highest BCUT2D eigenvalue weighted by molar-refractivity contribution is 7.91. The van der Waals surface area contributed by atoms with Gasteiger partial charge in [-0.3, -0.25) is 4.79 Å². The van der Waals surface area contributed by atoms with Gasteiger partial charge in [0.2, 0.25) is 5.91 Å². The summed E-state index contributed by atoms with van der Waals surface area (Å²) in [4.78, 5) is 13.7. The molecule has 0 spiro atoms. The monoisotopic (exact) mass is 324 g/mol. The van der Waals surface area contributed by atoms with Crippen molar-refractivity contribution in [3.63, 3.8) is 0 Å². The average molecular weight is 324 g/mol. The molecule has 1 N–H and O–H groups in total. The Hall–Kier alpha value is -1.56. The largest absolute Gasteiger partial charge is 0.385 e. The minimum absolute atomic E-state index is 0.0153. The van der Waals surface area contributed by atoms with Gasteiger partial charge < -0.3 is 10.2 Å². The number of aryl methyl sites for hydroxylation is 2. The molecule has 1 aromatic carbocycles. The van der Waals surface area contributed by atoms with Gasteiger partial charge in [-0.1, -0.05) is 6.07 Å². The third-order valence-electron chi connectivity index (χ3n) is 4.32. The van der Waals surface area contributed by atoms with Gasteiger partial charge in [0.25, 0.3) is 0 Å². The number of hydrogen-bond acceptors (Lipinski definition) is 4. The lowest BCUT2D eigenvalue weighted by molar-refractivity contribution is -0.131. The van der Waals surface area contributed by atoms with Gasteiger partial charge in [-0.05, 0) is 43.5 Å². The number of nitrogens with one attached hydrogen (secondary N) is 1. The Labute approximate surface area is 132 Å². The smallest absolute Gasteiger partial charge is 0.224 e. The molecule has 1 unspecified atom stereocenters. The van der Waals surface area contributed by atoms with E-state index in [1.54, 1.807) is 11.9 Å². The van der Waals surface area contributed by atoms with Crippen LogP contribution in [0, 0.1) is 13.8 Å². The van der Waals surface area contributed by atoms with Gasteiger partial charge in [0.15, 0.2) is 9.84 Å². The predicted octanol–water partition coefficient (Wildman–Crippen LogP) is 1.75. The number of amides is 1. The van der Waals surface area contributed by atoms with E-state index in [-0.39, 0.29) is 23.5 Å². The molecule has 5 nitrogen and oxygen atoms in total. The molecule has 6 heteroatoms. The second-order valence-corrected chi connectivity index (χ2v) is 8.27. The Morgan fingerprint density at radius 2 is 2.05 bits per heavy atom. The van der Waals surface area contributed by atoms with Gasteiger partial charge in [-0.25, -0.2) is 8.42 Å². The Morgan fingerprint density at radius 3 is 2.64 bits per heavy atom. The van der Waals surface area contributed by atoms with Crippen LogP contribution in [-0.2, 0) is 14.6 Å². The van der Waals surface area contributed by atoms with Crippen LogP contribution in [0.3, 0.4) is 0 Å². The maximum absolute atomic E-state index is 12.1. The first kappa shape index (κ1) is 16.8.